The second-order valence-electron chi connectivity index (χ2n) is 4.89. The van der Waals surface area contributed by atoms with Crippen molar-refractivity contribution in [3.63, 3.8) is 0 Å². The molecule has 4 heteroatoms. The first kappa shape index (κ1) is 14.4. The van der Waals surface area contributed by atoms with Crippen LogP contribution in [-0.4, -0.2) is 31.6 Å². The molecule has 19 heavy (non-hydrogen) atoms. The number of halogens is 1. The monoisotopic (exact) mass is 281 g/mol. The minimum Gasteiger partial charge on any atom is -0.377 e. The molecular formula is C15H20ClNO2. The van der Waals surface area contributed by atoms with E-state index in [1.807, 2.05) is 25.1 Å². The van der Waals surface area contributed by atoms with Crippen molar-refractivity contribution in [1.29, 1.82) is 0 Å². The maximum Gasteiger partial charge on any atom is 0.161 e. The van der Waals surface area contributed by atoms with Crippen LogP contribution >= 0.6 is 11.6 Å². The molecule has 0 aliphatic carbocycles. The molecule has 1 heterocycles. The van der Waals surface area contributed by atoms with Crippen LogP contribution in [0, 0.1) is 0 Å². The molecule has 1 saturated heterocycles. The number of ketones is 1. The second-order valence-corrected chi connectivity index (χ2v) is 5.29. The Kier molecular flexibility index (Phi) is 4.83. The zero-order valence-electron chi connectivity index (χ0n) is 11.5. The lowest BCUT2D eigenvalue weighted by Crippen LogP contribution is -2.39. The molecule has 1 unspecified atom stereocenters. The summed E-state index contributed by atoms with van der Waals surface area (Å²) in [6.07, 6.45) is 2.53. The van der Waals surface area contributed by atoms with Crippen molar-refractivity contribution in [3.8, 4) is 0 Å². The molecule has 1 aliphatic heterocycles. The summed E-state index contributed by atoms with van der Waals surface area (Å²) in [5.41, 5.74) is 1.66. The third-order valence-electron chi connectivity index (χ3n) is 3.48. The molecule has 0 bridgehead atoms. The first-order valence-corrected chi connectivity index (χ1v) is 7.16. The van der Waals surface area contributed by atoms with Gasteiger partial charge in [0.25, 0.3) is 0 Å². The molecule has 1 aromatic carbocycles. The van der Waals surface area contributed by atoms with Crippen molar-refractivity contribution in [3.05, 3.63) is 28.8 Å². The Morgan fingerprint density at radius 2 is 2.32 bits per heavy atom. The molecule has 1 aromatic rings. The number of hydrogen-bond donors (Lipinski definition) is 0. The quantitative estimate of drug-likeness (QED) is 0.791. The van der Waals surface area contributed by atoms with Crippen molar-refractivity contribution < 1.29 is 9.53 Å². The fourth-order valence-electron chi connectivity index (χ4n) is 2.53. The van der Waals surface area contributed by atoms with Crippen LogP contribution in [0.4, 0.5) is 5.69 Å². The van der Waals surface area contributed by atoms with E-state index in [0.29, 0.717) is 16.7 Å². The van der Waals surface area contributed by atoms with E-state index < -0.39 is 0 Å². The average Bonchev–Trinajstić information content (AvgIpc) is 2.39. The Labute approximate surface area is 119 Å². The van der Waals surface area contributed by atoms with Crippen molar-refractivity contribution in [2.75, 3.05) is 24.6 Å². The Bertz CT molecular complexity index is 459. The molecule has 0 amide bonds. The summed E-state index contributed by atoms with van der Waals surface area (Å²) in [7, 11) is 0. The van der Waals surface area contributed by atoms with Crippen LogP contribution < -0.4 is 4.90 Å². The largest absolute Gasteiger partial charge is 0.377 e. The van der Waals surface area contributed by atoms with Gasteiger partial charge in [0.15, 0.2) is 5.78 Å². The van der Waals surface area contributed by atoms with Gasteiger partial charge >= 0.3 is 0 Å². The number of nitrogens with zero attached hydrogens (tertiary/aromatic N) is 1. The Balaban J connectivity index is 2.13. The summed E-state index contributed by atoms with van der Waals surface area (Å²) in [6, 6.07) is 5.66. The van der Waals surface area contributed by atoms with Gasteiger partial charge in [0.1, 0.15) is 0 Å². The lowest BCUT2D eigenvalue weighted by atomic mass is 10.1. The van der Waals surface area contributed by atoms with Crippen LogP contribution in [0.3, 0.4) is 0 Å². The summed E-state index contributed by atoms with van der Waals surface area (Å²) < 4.78 is 5.70. The minimum atomic E-state index is 0.00221. The van der Waals surface area contributed by atoms with E-state index in [9.17, 15) is 4.79 Å². The van der Waals surface area contributed by atoms with Gasteiger partial charge in [-0.2, -0.15) is 0 Å². The van der Waals surface area contributed by atoms with Crippen molar-refractivity contribution in [1.82, 2.24) is 0 Å². The number of anilines is 1. The number of rotatable bonds is 4. The van der Waals surface area contributed by atoms with Crippen LogP contribution in [0.15, 0.2) is 18.2 Å². The maximum atomic E-state index is 11.4. The number of piperidine rings is 1. The lowest BCUT2D eigenvalue weighted by Gasteiger charge is -2.34. The van der Waals surface area contributed by atoms with E-state index in [1.165, 1.54) is 6.92 Å². The first-order chi connectivity index (χ1) is 9.11. The molecule has 1 fully saturated rings. The highest BCUT2D eigenvalue weighted by atomic mass is 35.5. The van der Waals surface area contributed by atoms with Gasteiger partial charge in [0, 0.05) is 30.9 Å². The zero-order chi connectivity index (χ0) is 13.8. The van der Waals surface area contributed by atoms with E-state index in [0.717, 1.165) is 38.2 Å². The van der Waals surface area contributed by atoms with Gasteiger partial charge in [-0.05, 0) is 44.9 Å². The summed E-state index contributed by atoms with van der Waals surface area (Å²) in [6.45, 7) is 6.22. The molecule has 0 radical (unpaired) electrons. The molecule has 0 aromatic heterocycles. The van der Waals surface area contributed by atoms with Crippen molar-refractivity contribution >= 4 is 23.1 Å². The molecule has 2 rings (SSSR count). The van der Waals surface area contributed by atoms with Crippen molar-refractivity contribution in [2.45, 2.75) is 32.8 Å². The van der Waals surface area contributed by atoms with Gasteiger partial charge in [-0.15, -0.1) is 0 Å². The van der Waals surface area contributed by atoms with E-state index >= 15 is 0 Å². The molecule has 0 saturated carbocycles. The van der Waals surface area contributed by atoms with Gasteiger partial charge in [0.2, 0.25) is 0 Å². The molecule has 1 aliphatic rings. The Hall–Kier alpha value is -1.06. The summed E-state index contributed by atoms with van der Waals surface area (Å²) in [5, 5.41) is 0.531. The predicted molar refractivity (Wildman–Crippen MR) is 78.3 cm³/mol. The smallest absolute Gasteiger partial charge is 0.161 e. The van der Waals surface area contributed by atoms with Crippen LogP contribution in [0.25, 0.3) is 0 Å². The number of hydrogen-bond acceptors (Lipinski definition) is 3. The number of carbonyl (C=O) groups excluding carboxylic acids is 1. The molecule has 104 valence electrons. The third kappa shape index (κ3) is 3.48. The highest BCUT2D eigenvalue weighted by Gasteiger charge is 2.21. The third-order valence-corrected chi connectivity index (χ3v) is 3.79. The highest BCUT2D eigenvalue weighted by molar-refractivity contribution is 6.34. The maximum absolute atomic E-state index is 11.4. The zero-order valence-corrected chi connectivity index (χ0v) is 12.2. The Morgan fingerprint density at radius 1 is 1.53 bits per heavy atom. The SMILES string of the molecule is CCOC1CCCN(c2ccc(C(C)=O)c(Cl)c2)C1. The van der Waals surface area contributed by atoms with Gasteiger partial charge in [-0.3, -0.25) is 4.79 Å². The minimum absolute atomic E-state index is 0.00221. The molecule has 1 atom stereocenters. The molecule has 0 spiro atoms. The molecule has 3 nitrogen and oxygen atoms in total. The van der Waals surface area contributed by atoms with Crippen LogP contribution in [0.5, 0.6) is 0 Å². The van der Waals surface area contributed by atoms with Crippen molar-refractivity contribution in [2.24, 2.45) is 0 Å². The number of carbonyl (C=O) groups is 1. The first-order valence-electron chi connectivity index (χ1n) is 6.79. The van der Waals surface area contributed by atoms with E-state index in [2.05, 4.69) is 4.90 Å². The van der Waals surface area contributed by atoms with E-state index in [-0.39, 0.29) is 5.78 Å². The number of Topliss-reactive ketones (excluding diaryl/α,β-unsaturated/α-hetero) is 1. The predicted octanol–water partition coefficient (Wildman–Crippen LogP) is 3.55. The number of benzene rings is 1. The van der Waals surface area contributed by atoms with Gasteiger partial charge < -0.3 is 9.64 Å². The van der Waals surface area contributed by atoms with Crippen LogP contribution in [-0.2, 0) is 4.74 Å². The van der Waals surface area contributed by atoms with E-state index in [1.54, 1.807) is 0 Å². The van der Waals surface area contributed by atoms with Gasteiger partial charge in [-0.1, -0.05) is 11.6 Å². The molecular weight excluding hydrogens is 262 g/mol. The average molecular weight is 282 g/mol. The lowest BCUT2D eigenvalue weighted by molar-refractivity contribution is 0.0526. The van der Waals surface area contributed by atoms with Gasteiger partial charge in [0.05, 0.1) is 11.1 Å². The van der Waals surface area contributed by atoms with E-state index in [4.69, 9.17) is 16.3 Å². The number of ether oxygens (including phenoxy) is 1. The highest BCUT2D eigenvalue weighted by Crippen LogP contribution is 2.27. The molecule has 0 N–H and O–H groups in total. The Morgan fingerprint density at radius 3 is 2.95 bits per heavy atom. The van der Waals surface area contributed by atoms with Gasteiger partial charge in [-0.25, -0.2) is 0 Å². The normalized spacial score (nSPS) is 19.5. The summed E-state index contributed by atoms with van der Waals surface area (Å²) >= 11 is 6.16. The summed E-state index contributed by atoms with van der Waals surface area (Å²) in [4.78, 5) is 13.7. The fourth-order valence-corrected chi connectivity index (χ4v) is 2.84. The van der Waals surface area contributed by atoms with Crippen LogP contribution in [0.1, 0.15) is 37.0 Å². The summed E-state index contributed by atoms with van der Waals surface area (Å²) in [5.74, 6) is 0.00221. The fraction of sp³-hybridized carbons (Fsp3) is 0.533. The standard InChI is InChI=1S/C15H20ClNO2/c1-3-19-13-5-4-8-17(10-13)12-6-7-14(11(2)18)15(16)9-12/h6-7,9,13H,3-5,8,10H2,1-2H3. The second kappa shape index (κ2) is 6.40. The van der Waals surface area contributed by atoms with Crippen LogP contribution in [0.2, 0.25) is 5.02 Å². The topological polar surface area (TPSA) is 29.5 Å².